The van der Waals surface area contributed by atoms with E-state index in [4.69, 9.17) is 16.7 Å². The number of nitrogens with one attached hydrogen (secondary N) is 1. The molecule has 0 saturated carbocycles. The topological polar surface area (TPSA) is 49.3 Å². The second kappa shape index (κ2) is 5.09. The lowest BCUT2D eigenvalue weighted by Gasteiger charge is -2.14. The summed E-state index contributed by atoms with van der Waals surface area (Å²) in [6.07, 6.45) is 0. The maximum Gasteiger partial charge on any atom is 0.317 e. The zero-order chi connectivity index (χ0) is 11.4. The third kappa shape index (κ3) is 3.49. The van der Waals surface area contributed by atoms with Gasteiger partial charge in [-0.3, -0.25) is 4.79 Å². The van der Waals surface area contributed by atoms with E-state index < -0.39 is 11.8 Å². The quantitative estimate of drug-likeness (QED) is 0.835. The molecule has 0 spiro atoms. The Kier molecular flexibility index (Phi) is 4.05. The fraction of sp³-hybridized carbons (Fsp3) is 0.300. The van der Waals surface area contributed by atoms with Crippen LogP contribution in [0.2, 0.25) is 5.02 Å². The Labute approximate surface area is 91.9 Å². The number of benzene rings is 1. The molecule has 5 heteroatoms. The zero-order valence-electron chi connectivity index (χ0n) is 8.13. The Balaban J connectivity index is 2.73. The van der Waals surface area contributed by atoms with Crippen molar-refractivity contribution in [3.63, 3.8) is 0 Å². The maximum atomic E-state index is 12.7. The van der Waals surface area contributed by atoms with Crippen LogP contribution in [0.3, 0.4) is 0 Å². The van der Waals surface area contributed by atoms with Gasteiger partial charge in [0.25, 0.3) is 0 Å². The molecule has 0 aliphatic rings. The van der Waals surface area contributed by atoms with E-state index in [0.29, 0.717) is 10.6 Å². The highest BCUT2D eigenvalue weighted by molar-refractivity contribution is 6.31. The van der Waals surface area contributed by atoms with Crippen molar-refractivity contribution in [3.8, 4) is 0 Å². The molecule has 1 aromatic carbocycles. The number of carboxylic acid groups (broad SMARTS) is 1. The van der Waals surface area contributed by atoms with Gasteiger partial charge in [-0.1, -0.05) is 17.7 Å². The molecule has 0 amide bonds. The Bertz CT molecular complexity index is 370. The minimum atomic E-state index is -0.944. The van der Waals surface area contributed by atoms with E-state index >= 15 is 0 Å². The SMILES string of the molecule is CC(NCC(=O)O)c1ccc(F)cc1Cl. The monoisotopic (exact) mass is 231 g/mol. The predicted octanol–water partition coefficient (Wildman–Crippen LogP) is 2.21. The van der Waals surface area contributed by atoms with Gasteiger partial charge in [-0.2, -0.15) is 0 Å². The smallest absolute Gasteiger partial charge is 0.317 e. The van der Waals surface area contributed by atoms with Gasteiger partial charge in [-0.05, 0) is 24.6 Å². The van der Waals surface area contributed by atoms with Crippen LogP contribution in [0, 0.1) is 5.82 Å². The first-order chi connectivity index (χ1) is 7.00. The minimum absolute atomic E-state index is 0.158. The van der Waals surface area contributed by atoms with Gasteiger partial charge in [0.1, 0.15) is 5.82 Å². The summed E-state index contributed by atoms with van der Waals surface area (Å²) in [5, 5.41) is 11.5. The lowest BCUT2D eigenvalue weighted by atomic mass is 10.1. The Hall–Kier alpha value is -1.13. The molecule has 0 saturated heterocycles. The molecule has 1 rings (SSSR count). The Morgan fingerprint density at radius 1 is 1.67 bits per heavy atom. The summed E-state index contributed by atoms with van der Waals surface area (Å²) in [5.74, 6) is -1.35. The number of hydrogen-bond acceptors (Lipinski definition) is 2. The molecule has 1 unspecified atom stereocenters. The molecular formula is C10H11ClFNO2. The summed E-state index contributed by atoms with van der Waals surface area (Å²) >= 11 is 5.81. The van der Waals surface area contributed by atoms with Gasteiger partial charge in [0.05, 0.1) is 6.54 Å². The van der Waals surface area contributed by atoms with Crippen LogP contribution in [0.1, 0.15) is 18.5 Å². The molecule has 3 nitrogen and oxygen atoms in total. The van der Waals surface area contributed by atoms with Crippen molar-refractivity contribution < 1.29 is 14.3 Å². The van der Waals surface area contributed by atoms with Crippen molar-refractivity contribution in [2.24, 2.45) is 0 Å². The van der Waals surface area contributed by atoms with Crippen LogP contribution in [-0.4, -0.2) is 17.6 Å². The lowest BCUT2D eigenvalue weighted by molar-refractivity contribution is -0.136. The van der Waals surface area contributed by atoms with E-state index in [0.717, 1.165) is 0 Å². The van der Waals surface area contributed by atoms with Gasteiger partial charge < -0.3 is 10.4 Å². The second-order valence-corrected chi connectivity index (χ2v) is 3.57. The van der Waals surface area contributed by atoms with Gasteiger partial charge in [0.2, 0.25) is 0 Å². The highest BCUT2D eigenvalue weighted by Crippen LogP contribution is 2.23. The van der Waals surface area contributed by atoms with Crippen molar-refractivity contribution >= 4 is 17.6 Å². The first-order valence-electron chi connectivity index (χ1n) is 4.41. The van der Waals surface area contributed by atoms with Crippen LogP contribution in [0.4, 0.5) is 4.39 Å². The first-order valence-corrected chi connectivity index (χ1v) is 4.78. The number of aliphatic carboxylic acids is 1. The van der Waals surface area contributed by atoms with E-state index in [9.17, 15) is 9.18 Å². The minimum Gasteiger partial charge on any atom is -0.480 e. The molecule has 0 fully saturated rings. The molecule has 82 valence electrons. The van der Waals surface area contributed by atoms with Crippen molar-refractivity contribution in [1.82, 2.24) is 5.32 Å². The van der Waals surface area contributed by atoms with Gasteiger partial charge in [-0.15, -0.1) is 0 Å². The summed E-state index contributed by atoms with van der Waals surface area (Å²) in [5.41, 5.74) is 0.680. The molecule has 0 heterocycles. The summed E-state index contributed by atoms with van der Waals surface area (Å²) in [6.45, 7) is 1.61. The largest absolute Gasteiger partial charge is 0.480 e. The van der Waals surface area contributed by atoms with Crippen molar-refractivity contribution in [1.29, 1.82) is 0 Å². The van der Waals surface area contributed by atoms with Crippen molar-refractivity contribution in [2.75, 3.05) is 6.54 Å². The number of carbonyl (C=O) groups is 1. The van der Waals surface area contributed by atoms with E-state index in [1.165, 1.54) is 18.2 Å². The molecule has 2 N–H and O–H groups in total. The summed E-state index contributed by atoms with van der Waals surface area (Å²) in [6, 6.07) is 3.81. The molecule has 0 bridgehead atoms. The molecule has 1 atom stereocenters. The fourth-order valence-electron chi connectivity index (χ4n) is 1.20. The molecule has 15 heavy (non-hydrogen) atoms. The number of carboxylic acids is 1. The highest BCUT2D eigenvalue weighted by Gasteiger charge is 2.10. The normalized spacial score (nSPS) is 12.5. The van der Waals surface area contributed by atoms with Crippen LogP contribution in [-0.2, 0) is 4.79 Å². The van der Waals surface area contributed by atoms with E-state index in [2.05, 4.69) is 5.32 Å². The fourth-order valence-corrected chi connectivity index (χ4v) is 1.53. The van der Waals surface area contributed by atoms with Gasteiger partial charge in [0, 0.05) is 11.1 Å². The zero-order valence-corrected chi connectivity index (χ0v) is 8.88. The Morgan fingerprint density at radius 2 is 2.33 bits per heavy atom. The van der Waals surface area contributed by atoms with Crippen molar-refractivity contribution in [3.05, 3.63) is 34.6 Å². The van der Waals surface area contributed by atoms with Gasteiger partial charge in [-0.25, -0.2) is 4.39 Å². The van der Waals surface area contributed by atoms with Crippen LogP contribution in [0.5, 0.6) is 0 Å². The number of halogens is 2. The van der Waals surface area contributed by atoms with Crippen molar-refractivity contribution in [2.45, 2.75) is 13.0 Å². The molecule has 0 aliphatic heterocycles. The second-order valence-electron chi connectivity index (χ2n) is 3.16. The van der Waals surface area contributed by atoms with Crippen LogP contribution in [0.15, 0.2) is 18.2 Å². The standard InChI is InChI=1S/C10H11ClFNO2/c1-6(13-5-10(14)15)8-3-2-7(12)4-9(8)11/h2-4,6,13H,5H2,1H3,(H,14,15). The number of hydrogen-bond donors (Lipinski definition) is 2. The third-order valence-electron chi connectivity index (χ3n) is 1.99. The predicted molar refractivity (Wildman–Crippen MR) is 55.5 cm³/mol. The molecule has 0 aliphatic carbocycles. The Morgan fingerprint density at radius 3 is 2.87 bits per heavy atom. The summed E-state index contributed by atoms with van der Waals surface area (Å²) < 4.78 is 12.7. The first kappa shape index (κ1) is 11.9. The average molecular weight is 232 g/mol. The van der Waals surface area contributed by atoms with Gasteiger partial charge in [0.15, 0.2) is 0 Å². The van der Waals surface area contributed by atoms with E-state index in [-0.39, 0.29) is 12.6 Å². The summed E-state index contributed by atoms with van der Waals surface area (Å²) in [4.78, 5) is 10.3. The van der Waals surface area contributed by atoms with Crippen LogP contribution >= 0.6 is 11.6 Å². The van der Waals surface area contributed by atoms with E-state index in [1.807, 2.05) is 0 Å². The lowest BCUT2D eigenvalue weighted by Crippen LogP contribution is -2.25. The third-order valence-corrected chi connectivity index (χ3v) is 2.32. The molecule has 0 radical (unpaired) electrons. The van der Waals surface area contributed by atoms with E-state index in [1.54, 1.807) is 6.92 Å². The maximum absolute atomic E-state index is 12.7. The molecular weight excluding hydrogens is 221 g/mol. The molecule has 1 aromatic rings. The molecule has 0 aromatic heterocycles. The average Bonchev–Trinajstić information content (AvgIpc) is 2.14. The van der Waals surface area contributed by atoms with Gasteiger partial charge >= 0.3 is 5.97 Å². The van der Waals surface area contributed by atoms with Crippen LogP contribution < -0.4 is 5.32 Å². The highest BCUT2D eigenvalue weighted by atomic mass is 35.5. The van der Waals surface area contributed by atoms with Crippen LogP contribution in [0.25, 0.3) is 0 Å². The number of rotatable bonds is 4. The summed E-state index contributed by atoms with van der Waals surface area (Å²) in [7, 11) is 0.